The van der Waals surface area contributed by atoms with Crippen molar-refractivity contribution in [1.29, 1.82) is 0 Å². The van der Waals surface area contributed by atoms with Crippen LogP contribution in [0.1, 0.15) is 6.92 Å². The van der Waals surface area contributed by atoms with E-state index in [0.29, 0.717) is 5.01 Å². The van der Waals surface area contributed by atoms with Gasteiger partial charge in [-0.1, -0.05) is 0 Å². The first-order valence-electron chi connectivity index (χ1n) is 5.60. The van der Waals surface area contributed by atoms with Crippen molar-refractivity contribution in [2.45, 2.75) is 18.3 Å². The average molecular weight is 319 g/mol. The molecule has 0 aromatic carbocycles. The fraction of sp³-hybridized carbons (Fsp3) is 0.500. The molecule has 0 aromatic rings. The van der Waals surface area contributed by atoms with Crippen LogP contribution in [0.5, 0.6) is 0 Å². The second-order valence-electron chi connectivity index (χ2n) is 4.03. The third kappa shape index (κ3) is 3.92. The molecule has 4 N–H and O–H groups in total. The number of hydrogen-bond acceptors (Lipinski definition) is 8. The number of nitrogens with zero attached hydrogens (tertiary/aromatic N) is 2. The zero-order valence-electron chi connectivity index (χ0n) is 10.9. The Balaban J connectivity index is 3.14. The molecule has 2 atom stereocenters. The van der Waals surface area contributed by atoms with Crippen LogP contribution in [0, 0.1) is 4.91 Å². The molecule has 0 saturated heterocycles. The number of nitrogens with two attached hydrogens (primary N) is 1. The number of rotatable bonds is 6. The summed E-state index contributed by atoms with van der Waals surface area (Å²) in [6, 6.07) is -1.50. The lowest BCUT2D eigenvalue weighted by atomic mass is 10.2. The van der Waals surface area contributed by atoms with Crippen LogP contribution in [0.15, 0.2) is 16.6 Å². The largest absolute Gasteiger partial charge is 0.480 e. The summed E-state index contributed by atoms with van der Waals surface area (Å²) in [6.45, 7) is 0.820. The van der Waals surface area contributed by atoms with Gasteiger partial charge in [0.1, 0.15) is 18.0 Å². The van der Waals surface area contributed by atoms with E-state index in [1.54, 1.807) is 0 Å². The Morgan fingerprint density at radius 3 is 2.57 bits per heavy atom. The SMILES string of the molecule is CC(=O)OCC1=C(C(=O)O)N(N=O)C(C(N)C(=O)O)SC1. The van der Waals surface area contributed by atoms with Crippen LogP contribution in [-0.4, -0.2) is 56.9 Å². The Labute approximate surface area is 122 Å². The van der Waals surface area contributed by atoms with Gasteiger partial charge in [-0.2, -0.15) is 0 Å². The summed E-state index contributed by atoms with van der Waals surface area (Å²) in [7, 11) is 0. The van der Waals surface area contributed by atoms with E-state index >= 15 is 0 Å². The maximum atomic E-state index is 11.3. The number of carboxylic acids is 2. The standard InChI is InChI=1S/C10H13N3O7S/c1-4(14)20-2-5-3-21-8(6(11)9(15)16)13(12-19)7(5)10(17)18/h6,8H,2-3,11H2,1H3,(H,15,16)(H,17,18). The van der Waals surface area contributed by atoms with Crippen molar-refractivity contribution in [1.82, 2.24) is 5.01 Å². The Bertz CT molecular complexity index is 507. The highest BCUT2D eigenvalue weighted by Gasteiger charge is 2.40. The first kappa shape index (κ1) is 16.9. The van der Waals surface area contributed by atoms with E-state index in [9.17, 15) is 24.4 Å². The molecule has 10 nitrogen and oxygen atoms in total. The highest BCUT2D eigenvalue weighted by atomic mass is 32.2. The molecule has 0 bridgehead atoms. The van der Waals surface area contributed by atoms with Crippen molar-refractivity contribution in [3.8, 4) is 0 Å². The molecule has 11 heteroatoms. The Hall–Kier alpha value is -2.14. The molecule has 1 aliphatic rings. The van der Waals surface area contributed by atoms with E-state index in [1.165, 1.54) is 0 Å². The summed E-state index contributed by atoms with van der Waals surface area (Å²) >= 11 is 0.927. The predicted molar refractivity (Wildman–Crippen MR) is 70.8 cm³/mol. The molecule has 0 aromatic heterocycles. The van der Waals surface area contributed by atoms with Crippen LogP contribution in [-0.2, 0) is 19.1 Å². The quantitative estimate of drug-likeness (QED) is 0.424. The first-order valence-corrected chi connectivity index (χ1v) is 6.65. The van der Waals surface area contributed by atoms with Gasteiger partial charge in [-0.05, 0) is 0 Å². The number of carbonyl (C=O) groups is 3. The molecule has 1 rings (SSSR count). The summed E-state index contributed by atoms with van der Waals surface area (Å²) in [4.78, 5) is 43.9. The molecule has 0 amide bonds. The van der Waals surface area contributed by atoms with Gasteiger partial charge in [-0.25, -0.2) is 9.80 Å². The fourth-order valence-corrected chi connectivity index (χ4v) is 2.83. The number of thioether (sulfide) groups is 1. The number of hydrogen-bond donors (Lipinski definition) is 3. The zero-order chi connectivity index (χ0) is 16.2. The zero-order valence-corrected chi connectivity index (χ0v) is 11.7. The molecule has 116 valence electrons. The molecule has 0 radical (unpaired) electrons. The molecule has 2 unspecified atom stereocenters. The summed E-state index contributed by atoms with van der Waals surface area (Å²) in [5.41, 5.74) is 5.04. The molecular formula is C10H13N3O7S. The summed E-state index contributed by atoms with van der Waals surface area (Å²) in [6.07, 6.45) is 0. The first-order chi connectivity index (χ1) is 9.79. The van der Waals surface area contributed by atoms with Crippen molar-refractivity contribution in [3.05, 3.63) is 16.2 Å². The van der Waals surface area contributed by atoms with Crippen molar-refractivity contribution < 1.29 is 29.3 Å². The highest BCUT2D eigenvalue weighted by Crippen LogP contribution is 2.33. The summed E-state index contributed by atoms with van der Waals surface area (Å²) in [5, 5.41) is 19.9. The minimum atomic E-state index is -1.50. The molecule has 1 aliphatic heterocycles. The second kappa shape index (κ2) is 7.04. The number of ether oxygens (including phenoxy) is 1. The molecular weight excluding hydrogens is 306 g/mol. The van der Waals surface area contributed by atoms with Crippen molar-refractivity contribution >= 4 is 29.7 Å². The molecule has 0 saturated carbocycles. The number of nitroso groups, excluding NO2 is 1. The number of esters is 1. The highest BCUT2D eigenvalue weighted by molar-refractivity contribution is 8.00. The Morgan fingerprint density at radius 2 is 2.14 bits per heavy atom. The third-order valence-electron chi connectivity index (χ3n) is 2.57. The normalized spacial score (nSPS) is 19.9. The maximum absolute atomic E-state index is 11.3. The van der Waals surface area contributed by atoms with Gasteiger partial charge in [0.2, 0.25) is 0 Å². The predicted octanol–water partition coefficient (Wildman–Crippen LogP) is -0.644. The van der Waals surface area contributed by atoms with Crippen LogP contribution >= 0.6 is 11.8 Å². The van der Waals surface area contributed by atoms with E-state index in [2.05, 4.69) is 5.29 Å². The van der Waals surface area contributed by atoms with Gasteiger partial charge >= 0.3 is 17.9 Å². The summed E-state index contributed by atoms with van der Waals surface area (Å²) in [5.74, 6) is -3.45. The maximum Gasteiger partial charge on any atom is 0.354 e. The van der Waals surface area contributed by atoms with E-state index in [1.807, 2.05) is 0 Å². The van der Waals surface area contributed by atoms with E-state index in [0.717, 1.165) is 18.7 Å². The van der Waals surface area contributed by atoms with Gasteiger partial charge in [-0.3, -0.25) is 9.59 Å². The van der Waals surface area contributed by atoms with E-state index < -0.39 is 35.0 Å². The van der Waals surface area contributed by atoms with Crippen LogP contribution < -0.4 is 5.73 Å². The minimum absolute atomic E-state index is 0.0482. The van der Waals surface area contributed by atoms with E-state index in [4.69, 9.17) is 15.6 Å². The smallest absolute Gasteiger partial charge is 0.354 e. The lowest BCUT2D eigenvalue weighted by Crippen LogP contribution is -2.50. The monoisotopic (exact) mass is 319 g/mol. The van der Waals surface area contributed by atoms with Crippen LogP contribution in [0.2, 0.25) is 0 Å². The molecule has 0 aliphatic carbocycles. The van der Waals surface area contributed by atoms with Gasteiger partial charge in [0.25, 0.3) is 0 Å². The van der Waals surface area contributed by atoms with Crippen molar-refractivity contribution in [2.75, 3.05) is 12.4 Å². The van der Waals surface area contributed by atoms with Gasteiger partial charge in [0.05, 0.1) is 5.29 Å². The lowest BCUT2D eigenvalue weighted by Gasteiger charge is -2.33. The lowest BCUT2D eigenvalue weighted by molar-refractivity contribution is -0.141. The topological polar surface area (TPSA) is 160 Å². The molecule has 21 heavy (non-hydrogen) atoms. The van der Waals surface area contributed by atoms with Crippen LogP contribution in [0.4, 0.5) is 0 Å². The van der Waals surface area contributed by atoms with Crippen LogP contribution in [0.25, 0.3) is 0 Å². The second-order valence-corrected chi connectivity index (χ2v) is 5.13. The Kier molecular flexibility index (Phi) is 5.67. The third-order valence-corrected chi connectivity index (χ3v) is 3.92. The number of aliphatic carboxylic acids is 2. The van der Waals surface area contributed by atoms with Crippen molar-refractivity contribution in [3.63, 3.8) is 0 Å². The van der Waals surface area contributed by atoms with Crippen LogP contribution in [0.3, 0.4) is 0 Å². The van der Waals surface area contributed by atoms with Gasteiger partial charge in [0.15, 0.2) is 5.70 Å². The number of carboxylic acid groups (broad SMARTS) is 2. The molecule has 0 fully saturated rings. The van der Waals surface area contributed by atoms with Gasteiger partial charge in [-0.15, -0.1) is 16.7 Å². The minimum Gasteiger partial charge on any atom is -0.480 e. The van der Waals surface area contributed by atoms with Crippen molar-refractivity contribution in [2.24, 2.45) is 11.0 Å². The molecule has 1 heterocycles. The average Bonchev–Trinajstić information content (AvgIpc) is 2.42. The van der Waals surface area contributed by atoms with E-state index in [-0.39, 0.29) is 17.9 Å². The number of carbonyl (C=O) groups excluding carboxylic acids is 1. The fourth-order valence-electron chi connectivity index (χ4n) is 1.63. The molecule has 0 spiro atoms. The van der Waals surface area contributed by atoms with Gasteiger partial charge in [0, 0.05) is 18.2 Å². The Morgan fingerprint density at radius 1 is 1.52 bits per heavy atom. The van der Waals surface area contributed by atoms with Gasteiger partial charge < -0.3 is 20.7 Å². The summed E-state index contributed by atoms with van der Waals surface area (Å²) < 4.78 is 4.71.